The molecule has 0 N–H and O–H groups in total. The Morgan fingerprint density at radius 2 is 1.20 bits per heavy atom. The molecular formula is C15H30. The summed E-state index contributed by atoms with van der Waals surface area (Å²) in [5.74, 6) is 3.25. The molecular weight excluding hydrogens is 180 g/mol. The van der Waals surface area contributed by atoms with E-state index in [1.165, 1.54) is 38.5 Å². The van der Waals surface area contributed by atoms with Gasteiger partial charge in [-0.15, -0.1) is 0 Å². The zero-order valence-electron chi connectivity index (χ0n) is 11.1. The number of hydrogen-bond donors (Lipinski definition) is 0. The maximum Gasteiger partial charge on any atom is -0.0360 e. The van der Waals surface area contributed by atoms with Gasteiger partial charge in [0.2, 0.25) is 0 Å². The molecule has 0 spiro atoms. The van der Waals surface area contributed by atoms with Crippen LogP contribution in [-0.2, 0) is 0 Å². The topological polar surface area (TPSA) is 0 Å². The van der Waals surface area contributed by atoms with Crippen LogP contribution in [0.3, 0.4) is 0 Å². The summed E-state index contributed by atoms with van der Waals surface area (Å²) in [7, 11) is 0. The van der Waals surface area contributed by atoms with Crippen molar-refractivity contribution in [2.75, 3.05) is 0 Å². The van der Waals surface area contributed by atoms with Gasteiger partial charge in [0.15, 0.2) is 0 Å². The molecule has 2 rings (SSSR count). The first-order valence-electron chi connectivity index (χ1n) is 7.38. The highest BCUT2D eigenvalue weighted by Crippen LogP contribution is 2.41. The van der Waals surface area contributed by atoms with Crippen molar-refractivity contribution < 1.29 is 0 Å². The van der Waals surface area contributed by atoms with Gasteiger partial charge in [0.25, 0.3) is 0 Å². The Morgan fingerprint density at radius 1 is 0.667 bits per heavy atom. The summed E-state index contributed by atoms with van der Waals surface area (Å²) < 4.78 is 0. The second-order valence-electron chi connectivity index (χ2n) is 5.32. The third-order valence-electron chi connectivity index (χ3n) is 4.43. The highest BCUT2D eigenvalue weighted by molar-refractivity contribution is 4.80. The van der Waals surface area contributed by atoms with Crippen molar-refractivity contribution in [2.45, 2.75) is 78.6 Å². The predicted octanol–water partition coefficient (Wildman–Crippen LogP) is 5.42. The van der Waals surface area contributed by atoms with E-state index in [-0.39, 0.29) is 0 Å². The first-order chi connectivity index (χ1) is 7.38. The maximum absolute atomic E-state index is 2.51. The summed E-state index contributed by atoms with van der Waals surface area (Å²) in [6.07, 6.45) is 13.7. The van der Waals surface area contributed by atoms with Crippen molar-refractivity contribution in [2.24, 2.45) is 17.8 Å². The first-order valence-corrected chi connectivity index (χ1v) is 7.38. The number of fused-ring (bicyclic) bond motifs is 1. The van der Waals surface area contributed by atoms with Gasteiger partial charge in [-0.3, -0.25) is 0 Å². The highest BCUT2D eigenvalue weighted by Gasteiger charge is 2.29. The van der Waals surface area contributed by atoms with Crippen molar-refractivity contribution in [1.82, 2.24) is 0 Å². The minimum atomic E-state index is 1.03. The minimum absolute atomic E-state index is 1.03. The number of rotatable bonds is 0. The Labute approximate surface area is 96.8 Å². The Balaban J connectivity index is 0.000000531. The second-order valence-corrected chi connectivity index (χ2v) is 5.32. The van der Waals surface area contributed by atoms with Crippen LogP contribution in [0.5, 0.6) is 0 Å². The SMILES string of the molecule is CC.CC1CCCCCC2CCCCC12. The lowest BCUT2D eigenvalue weighted by atomic mass is 9.68. The molecule has 2 aliphatic carbocycles. The molecule has 0 aliphatic heterocycles. The largest absolute Gasteiger partial charge is 0.0683 e. The monoisotopic (exact) mass is 210 g/mol. The molecule has 0 heterocycles. The van der Waals surface area contributed by atoms with Gasteiger partial charge in [-0.1, -0.05) is 72.1 Å². The summed E-state index contributed by atoms with van der Waals surface area (Å²) in [6.45, 7) is 6.51. The Kier molecular flexibility index (Phi) is 6.36. The van der Waals surface area contributed by atoms with Gasteiger partial charge in [-0.05, 0) is 24.2 Å². The molecule has 0 aromatic carbocycles. The summed E-state index contributed by atoms with van der Waals surface area (Å²) in [5, 5.41) is 0. The maximum atomic E-state index is 2.51. The van der Waals surface area contributed by atoms with E-state index in [1.54, 1.807) is 19.3 Å². The minimum Gasteiger partial charge on any atom is -0.0683 e. The fourth-order valence-electron chi connectivity index (χ4n) is 3.61. The molecule has 0 bridgehead atoms. The Hall–Kier alpha value is 0. The summed E-state index contributed by atoms with van der Waals surface area (Å²) >= 11 is 0. The standard InChI is InChI=1S/C13H24.C2H6/c1-11-7-3-2-4-8-12-9-5-6-10-13(11)12;1-2/h11-13H,2-10H2,1H3;1-2H3. The quantitative estimate of drug-likeness (QED) is 0.501. The van der Waals surface area contributed by atoms with Crippen LogP contribution < -0.4 is 0 Å². The molecule has 0 aromatic heterocycles. The van der Waals surface area contributed by atoms with Crippen LogP contribution in [0, 0.1) is 17.8 Å². The van der Waals surface area contributed by atoms with Crippen molar-refractivity contribution in [1.29, 1.82) is 0 Å². The zero-order valence-corrected chi connectivity index (χ0v) is 11.1. The van der Waals surface area contributed by atoms with Gasteiger partial charge >= 0.3 is 0 Å². The fourth-order valence-corrected chi connectivity index (χ4v) is 3.61. The van der Waals surface area contributed by atoms with Crippen molar-refractivity contribution in [3.05, 3.63) is 0 Å². The van der Waals surface area contributed by atoms with Gasteiger partial charge in [0.05, 0.1) is 0 Å². The molecule has 2 aliphatic rings. The van der Waals surface area contributed by atoms with Crippen LogP contribution in [0.25, 0.3) is 0 Å². The van der Waals surface area contributed by atoms with E-state index in [0.29, 0.717) is 0 Å². The lowest BCUT2D eigenvalue weighted by molar-refractivity contribution is 0.138. The molecule has 15 heavy (non-hydrogen) atoms. The summed E-state index contributed by atoms with van der Waals surface area (Å²) in [6, 6.07) is 0. The van der Waals surface area contributed by atoms with Crippen LogP contribution in [0.1, 0.15) is 78.6 Å². The predicted molar refractivity (Wildman–Crippen MR) is 69.0 cm³/mol. The van der Waals surface area contributed by atoms with Crippen LogP contribution in [0.15, 0.2) is 0 Å². The number of hydrogen-bond acceptors (Lipinski definition) is 0. The Bertz CT molecular complexity index is 150. The lowest BCUT2D eigenvalue weighted by Gasteiger charge is -2.37. The van der Waals surface area contributed by atoms with Gasteiger partial charge < -0.3 is 0 Å². The lowest BCUT2D eigenvalue weighted by Crippen LogP contribution is -2.26. The molecule has 0 heteroatoms. The Morgan fingerprint density at radius 3 is 1.93 bits per heavy atom. The second kappa shape index (κ2) is 7.30. The van der Waals surface area contributed by atoms with E-state index in [4.69, 9.17) is 0 Å². The van der Waals surface area contributed by atoms with Crippen molar-refractivity contribution in [3.63, 3.8) is 0 Å². The van der Waals surface area contributed by atoms with Gasteiger partial charge in [-0.2, -0.15) is 0 Å². The van der Waals surface area contributed by atoms with Gasteiger partial charge in [0, 0.05) is 0 Å². The van der Waals surface area contributed by atoms with Gasteiger partial charge in [-0.25, -0.2) is 0 Å². The molecule has 0 aromatic rings. The normalized spacial score (nSPS) is 36.6. The molecule has 3 unspecified atom stereocenters. The average Bonchev–Trinajstić information content (AvgIpc) is 2.29. The molecule has 2 saturated carbocycles. The molecule has 0 amide bonds. The van der Waals surface area contributed by atoms with Crippen molar-refractivity contribution in [3.8, 4) is 0 Å². The van der Waals surface area contributed by atoms with E-state index < -0.39 is 0 Å². The third kappa shape index (κ3) is 3.81. The molecule has 2 fully saturated rings. The van der Waals surface area contributed by atoms with Gasteiger partial charge in [0.1, 0.15) is 0 Å². The summed E-state index contributed by atoms with van der Waals surface area (Å²) in [4.78, 5) is 0. The van der Waals surface area contributed by atoms with Crippen molar-refractivity contribution >= 4 is 0 Å². The van der Waals surface area contributed by atoms with Crippen LogP contribution in [0.2, 0.25) is 0 Å². The van der Waals surface area contributed by atoms with E-state index in [0.717, 1.165) is 17.8 Å². The fraction of sp³-hybridized carbons (Fsp3) is 1.00. The zero-order chi connectivity index (χ0) is 11.1. The van der Waals surface area contributed by atoms with Crippen LogP contribution in [-0.4, -0.2) is 0 Å². The first kappa shape index (κ1) is 13.1. The van der Waals surface area contributed by atoms with E-state index in [9.17, 15) is 0 Å². The third-order valence-corrected chi connectivity index (χ3v) is 4.43. The molecule has 0 saturated heterocycles. The van der Waals surface area contributed by atoms with Crippen LogP contribution in [0.4, 0.5) is 0 Å². The molecule has 0 nitrogen and oxygen atoms in total. The molecule has 3 atom stereocenters. The average molecular weight is 210 g/mol. The van der Waals surface area contributed by atoms with E-state index >= 15 is 0 Å². The highest BCUT2D eigenvalue weighted by atomic mass is 14.3. The summed E-state index contributed by atoms with van der Waals surface area (Å²) in [5.41, 5.74) is 0. The van der Waals surface area contributed by atoms with Crippen LogP contribution >= 0.6 is 0 Å². The molecule has 0 radical (unpaired) electrons. The van der Waals surface area contributed by atoms with E-state index in [2.05, 4.69) is 6.92 Å². The smallest absolute Gasteiger partial charge is 0.0360 e. The molecule has 90 valence electrons. The van der Waals surface area contributed by atoms with E-state index in [1.807, 2.05) is 13.8 Å².